The molecule has 0 saturated carbocycles. The van der Waals surface area contributed by atoms with Crippen LogP contribution in [-0.2, 0) is 11.3 Å². The van der Waals surface area contributed by atoms with Crippen molar-refractivity contribution in [2.24, 2.45) is 0 Å². The van der Waals surface area contributed by atoms with Crippen LogP contribution in [0.15, 0.2) is 53.0 Å². The van der Waals surface area contributed by atoms with Gasteiger partial charge in [-0.3, -0.25) is 4.79 Å². The largest absolute Gasteiger partial charge is 0.480 e. The fourth-order valence-electron chi connectivity index (χ4n) is 1.88. The Morgan fingerprint density at radius 2 is 1.83 bits per heavy atom. The Kier molecular flexibility index (Phi) is 5.76. The van der Waals surface area contributed by atoms with Gasteiger partial charge in [-0.05, 0) is 52.7 Å². The fourth-order valence-corrected chi connectivity index (χ4v) is 2.26. The maximum Gasteiger partial charge on any atom is 0.335 e. The lowest BCUT2D eigenvalue weighted by atomic mass is 10.1. The van der Waals surface area contributed by atoms with Crippen molar-refractivity contribution in [3.05, 3.63) is 64.1 Å². The molecular formula is C17H16BrNO4. The van der Waals surface area contributed by atoms with Crippen molar-refractivity contribution in [2.45, 2.75) is 19.6 Å². The summed E-state index contributed by atoms with van der Waals surface area (Å²) in [6.07, 6.45) is -0.646. The molecule has 1 amide bonds. The van der Waals surface area contributed by atoms with Gasteiger partial charge in [0.05, 0.1) is 10.0 Å². The number of nitrogens with one attached hydrogen (secondary N) is 1. The molecule has 0 radical (unpaired) electrons. The summed E-state index contributed by atoms with van der Waals surface area (Å²) in [4.78, 5) is 22.8. The van der Waals surface area contributed by atoms with Gasteiger partial charge in [-0.25, -0.2) is 4.79 Å². The molecule has 0 saturated heterocycles. The summed E-state index contributed by atoms with van der Waals surface area (Å²) in [5.74, 6) is -0.625. The summed E-state index contributed by atoms with van der Waals surface area (Å²) in [5, 5.41) is 11.6. The first kappa shape index (κ1) is 17.0. The molecule has 0 spiro atoms. The minimum atomic E-state index is -0.976. The van der Waals surface area contributed by atoms with Gasteiger partial charge < -0.3 is 15.2 Å². The lowest BCUT2D eigenvalue weighted by Crippen LogP contribution is -2.35. The normalized spacial score (nSPS) is 11.6. The zero-order valence-electron chi connectivity index (χ0n) is 12.5. The van der Waals surface area contributed by atoms with Crippen molar-refractivity contribution >= 4 is 27.8 Å². The Bertz CT molecular complexity index is 700. The number of para-hydroxylation sites is 1. The highest BCUT2D eigenvalue weighted by Crippen LogP contribution is 2.24. The lowest BCUT2D eigenvalue weighted by Gasteiger charge is -2.15. The molecule has 0 aliphatic rings. The van der Waals surface area contributed by atoms with Crippen molar-refractivity contribution in [1.82, 2.24) is 5.32 Å². The molecule has 23 heavy (non-hydrogen) atoms. The van der Waals surface area contributed by atoms with E-state index in [9.17, 15) is 9.59 Å². The molecule has 1 unspecified atom stereocenters. The summed E-state index contributed by atoms with van der Waals surface area (Å²) in [6.45, 7) is 1.98. The second kappa shape index (κ2) is 7.78. The van der Waals surface area contributed by atoms with E-state index in [4.69, 9.17) is 9.84 Å². The Balaban J connectivity index is 1.89. The van der Waals surface area contributed by atoms with E-state index in [1.54, 1.807) is 25.1 Å². The molecule has 2 N–H and O–H groups in total. The third-order valence-electron chi connectivity index (χ3n) is 3.18. The van der Waals surface area contributed by atoms with Crippen LogP contribution in [0.1, 0.15) is 22.8 Å². The van der Waals surface area contributed by atoms with E-state index in [1.807, 2.05) is 18.2 Å². The quantitative estimate of drug-likeness (QED) is 0.809. The van der Waals surface area contributed by atoms with Crippen LogP contribution in [0.2, 0.25) is 0 Å². The second-order valence-electron chi connectivity index (χ2n) is 4.91. The van der Waals surface area contributed by atoms with Gasteiger partial charge >= 0.3 is 5.97 Å². The smallest absolute Gasteiger partial charge is 0.335 e. The lowest BCUT2D eigenvalue weighted by molar-refractivity contribution is -0.127. The number of carbonyl (C=O) groups is 2. The molecule has 0 aliphatic carbocycles. The first-order chi connectivity index (χ1) is 11.0. The van der Waals surface area contributed by atoms with Gasteiger partial charge in [0.25, 0.3) is 5.91 Å². The highest BCUT2D eigenvalue weighted by Gasteiger charge is 2.15. The molecule has 0 aromatic heterocycles. The van der Waals surface area contributed by atoms with Gasteiger partial charge in [-0.15, -0.1) is 0 Å². The van der Waals surface area contributed by atoms with E-state index in [0.717, 1.165) is 10.0 Å². The summed E-state index contributed by atoms with van der Waals surface area (Å²) in [6, 6.07) is 13.7. The van der Waals surface area contributed by atoms with Crippen LogP contribution >= 0.6 is 15.9 Å². The predicted octanol–water partition coefficient (Wildman–Crippen LogP) is 3.23. The van der Waals surface area contributed by atoms with E-state index in [-0.39, 0.29) is 11.5 Å². The molecule has 2 rings (SSSR count). The standard InChI is InChI=1S/C17H16BrNO4/c1-11(23-15-5-3-2-4-14(15)18)16(20)19-10-12-6-8-13(9-7-12)17(21)22/h2-9,11H,10H2,1H3,(H,19,20)(H,21,22). The summed E-state index contributed by atoms with van der Waals surface area (Å²) in [7, 11) is 0. The third kappa shape index (κ3) is 4.82. The number of aromatic carboxylic acids is 1. The number of carboxylic acids is 1. The number of carboxylic acid groups (broad SMARTS) is 1. The van der Waals surface area contributed by atoms with Crippen LogP contribution in [0.25, 0.3) is 0 Å². The Morgan fingerprint density at radius 3 is 2.43 bits per heavy atom. The van der Waals surface area contributed by atoms with Crippen LogP contribution in [0, 0.1) is 0 Å². The number of rotatable bonds is 6. The van der Waals surface area contributed by atoms with Gasteiger partial charge in [0.2, 0.25) is 0 Å². The number of hydrogen-bond acceptors (Lipinski definition) is 3. The van der Waals surface area contributed by atoms with E-state index < -0.39 is 12.1 Å². The summed E-state index contributed by atoms with van der Waals surface area (Å²) < 4.78 is 6.39. The highest BCUT2D eigenvalue weighted by molar-refractivity contribution is 9.10. The summed E-state index contributed by atoms with van der Waals surface area (Å²) >= 11 is 3.36. The average molecular weight is 378 g/mol. The SMILES string of the molecule is CC(Oc1ccccc1Br)C(=O)NCc1ccc(C(=O)O)cc1. The van der Waals surface area contributed by atoms with Crippen LogP contribution in [0.3, 0.4) is 0 Å². The number of benzene rings is 2. The molecule has 2 aromatic rings. The second-order valence-corrected chi connectivity index (χ2v) is 5.76. The predicted molar refractivity (Wildman–Crippen MR) is 89.5 cm³/mol. The monoisotopic (exact) mass is 377 g/mol. The minimum absolute atomic E-state index is 0.214. The zero-order chi connectivity index (χ0) is 16.8. The summed E-state index contributed by atoms with van der Waals surface area (Å²) in [5.41, 5.74) is 1.03. The number of halogens is 1. The molecule has 6 heteroatoms. The molecule has 0 aliphatic heterocycles. The van der Waals surface area contributed by atoms with Gasteiger partial charge in [0.1, 0.15) is 5.75 Å². The van der Waals surface area contributed by atoms with E-state index in [0.29, 0.717) is 12.3 Å². The number of ether oxygens (including phenoxy) is 1. The van der Waals surface area contributed by atoms with E-state index >= 15 is 0 Å². The minimum Gasteiger partial charge on any atom is -0.480 e. The van der Waals surface area contributed by atoms with Crippen LogP contribution in [0.5, 0.6) is 5.75 Å². The topological polar surface area (TPSA) is 75.6 Å². The number of amides is 1. The molecule has 120 valence electrons. The molecule has 5 nitrogen and oxygen atoms in total. The van der Waals surface area contributed by atoms with Crippen LogP contribution in [0.4, 0.5) is 0 Å². The molecule has 2 aromatic carbocycles. The first-order valence-corrected chi connectivity index (χ1v) is 7.78. The van der Waals surface area contributed by atoms with Crippen molar-refractivity contribution in [3.63, 3.8) is 0 Å². The maximum atomic E-state index is 12.1. The molecule has 0 fully saturated rings. The molecule has 0 heterocycles. The van der Waals surface area contributed by atoms with Crippen LogP contribution < -0.4 is 10.1 Å². The Morgan fingerprint density at radius 1 is 1.17 bits per heavy atom. The van der Waals surface area contributed by atoms with Crippen LogP contribution in [-0.4, -0.2) is 23.1 Å². The molecule has 1 atom stereocenters. The first-order valence-electron chi connectivity index (χ1n) is 6.98. The van der Waals surface area contributed by atoms with Crippen molar-refractivity contribution < 1.29 is 19.4 Å². The maximum absolute atomic E-state index is 12.1. The Labute approximate surface area is 142 Å². The van der Waals surface area contributed by atoms with Gasteiger partial charge in [-0.1, -0.05) is 24.3 Å². The average Bonchev–Trinajstić information content (AvgIpc) is 2.55. The number of hydrogen-bond donors (Lipinski definition) is 2. The molecular weight excluding hydrogens is 362 g/mol. The van der Waals surface area contributed by atoms with E-state index in [2.05, 4.69) is 21.2 Å². The zero-order valence-corrected chi connectivity index (χ0v) is 14.0. The molecule has 0 bridgehead atoms. The van der Waals surface area contributed by atoms with E-state index in [1.165, 1.54) is 12.1 Å². The van der Waals surface area contributed by atoms with Gasteiger partial charge in [-0.2, -0.15) is 0 Å². The van der Waals surface area contributed by atoms with Crippen molar-refractivity contribution in [2.75, 3.05) is 0 Å². The fraction of sp³-hybridized carbons (Fsp3) is 0.176. The van der Waals surface area contributed by atoms with Crippen molar-refractivity contribution in [3.8, 4) is 5.75 Å². The van der Waals surface area contributed by atoms with Gasteiger partial charge in [0, 0.05) is 6.54 Å². The number of carbonyl (C=O) groups excluding carboxylic acids is 1. The third-order valence-corrected chi connectivity index (χ3v) is 3.83. The van der Waals surface area contributed by atoms with Crippen molar-refractivity contribution in [1.29, 1.82) is 0 Å². The van der Waals surface area contributed by atoms with Gasteiger partial charge in [0.15, 0.2) is 6.10 Å². The Hall–Kier alpha value is -2.34. The highest BCUT2D eigenvalue weighted by atomic mass is 79.9.